The van der Waals surface area contributed by atoms with Gasteiger partial charge in [0.25, 0.3) is 0 Å². The number of hydrogen-bond donors (Lipinski definition) is 1. The van der Waals surface area contributed by atoms with Crippen molar-refractivity contribution in [1.82, 2.24) is 4.98 Å². The summed E-state index contributed by atoms with van der Waals surface area (Å²) in [5.74, 6) is -0.884. The predicted molar refractivity (Wildman–Crippen MR) is 73.3 cm³/mol. The Kier molecular flexibility index (Phi) is 4.49. The molecule has 0 unspecified atom stereocenters. The van der Waals surface area contributed by atoms with Gasteiger partial charge in [-0.25, -0.2) is 4.79 Å². The molecule has 100 valence electrons. The van der Waals surface area contributed by atoms with Crippen molar-refractivity contribution in [3.05, 3.63) is 28.6 Å². The van der Waals surface area contributed by atoms with Crippen LogP contribution < -0.4 is 0 Å². The molecule has 0 aliphatic rings. The molecule has 0 spiro atoms. The van der Waals surface area contributed by atoms with Gasteiger partial charge < -0.3 is 5.11 Å². The molecular formula is C15H23NO2. The highest BCUT2D eigenvalue weighted by molar-refractivity contribution is 5.89. The van der Waals surface area contributed by atoms with Gasteiger partial charge in [0.15, 0.2) is 0 Å². The van der Waals surface area contributed by atoms with Gasteiger partial charge in [-0.3, -0.25) is 4.98 Å². The van der Waals surface area contributed by atoms with Crippen LogP contribution in [0.1, 0.15) is 68.3 Å². The van der Waals surface area contributed by atoms with Crippen LogP contribution in [-0.4, -0.2) is 16.1 Å². The van der Waals surface area contributed by atoms with Crippen molar-refractivity contribution >= 4 is 5.97 Å². The van der Waals surface area contributed by atoms with Crippen LogP contribution in [0.25, 0.3) is 0 Å². The molecule has 0 atom stereocenters. The van der Waals surface area contributed by atoms with Crippen molar-refractivity contribution in [2.24, 2.45) is 0 Å². The number of nitrogens with zero attached hydrogens (tertiary/aromatic N) is 1. The first-order valence-corrected chi connectivity index (χ1v) is 6.57. The van der Waals surface area contributed by atoms with Crippen molar-refractivity contribution in [2.45, 2.75) is 59.3 Å². The third-order valence-electron chi connectivity index (χ3n) is 3.00. The lowest BCUT2D eigenvalue weighted by molar-refractivity contribution is 0.0693. The van der Waals surface area contributed by atoms with Gasteiger partial charge in [-0.2, -0.15) is 0 Å². The quantitative estimate of drug-likeness (QED) is 0.887. The number of hydrogen-bond acceptors (Lipinski definition) is 2. The molecular weight excluding hydrogens is 226 g/mol. The van der Waals surface area contributed by atoms with E-state index in [9.17, 15) is 9.90 Å². The molecule has 1 aromatic heterocycles. The molecule has 3 nitrogen and oxygen atoms in total. The van der Waals surface area contributed by atoms with Crippen LogP contribution in [0.2, 0.25) is 0 Å². The highest BCUT2D eigenvalue weighted by Crippen LogP contribution is 2.26. The van der Waals surface area contributed by atoms with Crippen molar-refractivity contribution in [3.8, 4) is 0 Å². The van der Waals surface area contributed by atoms with E-state index in [0.717, 1.165) is 30.5 Å². The standard InChI is InChI=1S/C15H23NO2/c1-6-8-12-10(7-2)9-11(14(17)18)13(16-12)15(3,4)5/h9H,6-8H2,1-5H3,(H,17,18). The third kappa shape index (κ3) is 3.09. The van der Waals surface area contributed by atoms with Gasteiger partial charge in [-0.1, -0.05) is 41.0 Å². The largest absolute Gasteiger partial charge is 0.478 e. The van der Waals surface area contributed by atoms with E-state index in [0.29, 0.717) is 11.3 Å². The minimum atomic E-state index is -0.884. The Morgan fingerprint density at radius 2 is 1.94 bits per heavy atom. The third-order valence-corrected chi connectivity index (χ3v) is 3.00. The molecule has 0 radical (unpaired) electrons. The summed E-state index contributed by atoms with van der Waals surface area (Å²) in [5.41, 5.74) is 2.90. The number of carboxylic acids is 1. The minimum Gasteiger partial charge on any atom is -0.478 e. The number of pyridine rings is 1. The lowest BCUT2D eigenvalue weighted by Gasteiger charge is -2.22. The first-order valence-electron chi connectivity index (χ1n) is 6.57. The summed E-state index contributed by atoms with van der Waals surface area (Å²) in [7, 11) is 0. The summed E-state index contributed by atoms with van der Waals surface area (Å²) in [6.45, 7) is 10.2. The smallest absolute Gasteiger partial charge is 0.337 e. The normalized spacial score (nSPS) is 11.6. The SMILES string of the molecule is CCCc1nc(C(C)(C)C)c(C(=O)O)cc1CC. The van der Waals surface area contributed by atoms with Gasteiger partial charge in [0, 0.05) is 11.1 Å². The van der Waals surface area contributed by atoms with Gasteiger partial charge >= 0.3 is 5.97 Å². The predicted octanol–water partition coefficient (Wildman–Crippen LogP) is 3.59. The Hall–Kier alpha value is -1.38. The number of aromatic nitrogens is 1. The molecule has 0 bridgehead atoms. The monoisotopic (exact) mass is 249 g/mol. The van der Waals surface area contributed by atoms with Gasteiger partial charge in [0.05, 0.1) is 11.3 Å². The van der Waals surface area contributed by atoms with E-state index >= 15 is 0 Å². The molecule has 0 aromatic carbocycles. The van der Waals surface area contributed by atoms with E-state index in [1.165, 1.54) is 0 Å². The van der Waals surface area contributed by atoms with E-state index in [4.69, 9.17) is 0 Å². The fourth-order valence-electron chi connectivity index (χ4n) is 2.09. The lowest BCUT2D eigenvalue weighted by Crippen LogP contribution is -2.21. The Labute approximate surface area is 109 Å². The topological polar surface area (TPSA) is 50.2 Å². The summed E-state index contributed by atoms with van der Waals surface area (Å²) in [6, 6.07) is 1.81. The Morgan fingerprint density at radius 1 is 1.33 bits per heavy atom. The number of rotatable bonds is 4. The first-order chi connectivity index (χ1) is 8.31. The summed E-state index contributed by atoms with van der Waals surface area (Å²) in [4.78, 5) is 16.0. The van der Waals surface area contributed by atoms with Gasteiger partial charge in [-0.05, 0) is 24.5 Å². The molecule has 3 heteroatoms. The van der Waals surface area contributed by atoms with E-state index in [1.54, 1.807) is 6.07 Å². The molecule has 0 saturated carbocycles. The van der Waals surface area contributed by atoms with E-state index in [1.807, 2.05) is 27.7 Å². The fraction of sp³-hybridized carbons (Fsp3) is 0.600. The van der Waals surface area contributed by atoms with Gasteiger partial charge in [-0.15, -0.1) is 0 Å². The molecule has 0 saturated heterocycles. The summed E-state index contributed by atoms with van der Waals surface area (Å²) in [6.07, 6.45) is 2.76. The molecule has 0 aliphatic carbocycles. The van der Waals surface area contributed by atoms with Crippen LogP contribution in [0.15, 0.2) is 6.07 Å². The van der Waals surface area contributed by atoms with Crippen LogP contribution in [0.4, 0.5) is 0 Å². The zero-order chi connectivity index (χ0) is 13.9. The minimum absolute atomic E-state index is 0.248. The Bertz CT molecular complexity index is 445. The number of carbonyl (C=O) groups is 1. The highest BCUT2D eigenvalue weighted by atomic mass is 16.4. The second-order valence-corrected chi connectivity index (χ2v) is 5.65. The van der Waals surface area contributed by atoms with Crippen LogP contribution in [0.5, 0.6) is 0 Å². The first kappa shape index (κ1) is 14.7. The highest BCUT2D eigenvalue weighted by Gasteiger charge is 2.25. The Balaban J connectivity index is 3.47. The van der Waals surface area contributed by atoms with Crippen LogP contribution in [0, 0.1) is 0 Å². The van der Waals surface area contributed by atoms with E-state index in [2.05, 4.69) is 11.9 Å². The molecule has 0 amide bonds. The molecule has 18 heavy (non-hydrogen) atoms. The average molecular weight is 249 g/mol. The lowest BCUT2D eigenvalue weighted by atomic mass is 9.87. The maximum Gasteiger partial charge on any atom is 0.337 e. The summed E-state index contributed by atoms with van der Waals surface area (Å²) >= 11 is 0. The Morgan fingerprint density at radius 3 is 2.33 bits per heavy atom. The molecule has 1 heterocycles. The molecule has 1 N–H and O–H groups in total. The van der Waals surface area contributed by atoms with E-state index < -0.39 is 5.97 Å². The molecule has 1 rings (SSSR count). The van der Waals surface area contributed by atoms with Gasteiger partial charge in [0.2, 0.25) is 0 Å². The zero-order valence-electron chi connectivity index (χ0n) is 12.0. The van der Waals surface area contributed by atoms with Crippen LogP contribution >= 0.6 is 0 Å². The average Bonchev–Trinajstić information content (AvgIpc) is 2.27. The maximum atomic E-state index is 11.4. The molecule has 0 fully saturated rings. The maximum absolute atomic E-state index is 11.4. The number of carboxylic acid groups (broad SMARTS) is 1. The fourth-order valence-corrected chi connectivity index (χ4v) is 2.09. The second-order valence-electron chi connectivity index (χ2n) is 5.65. The van der Waals surface area contributed by atoms with Gasteiger partial charge in [0.1, 0.15) is 0 Å². The zero-order valence-corrected chi connectivity index (χ0v) is 12.0. The molecule has 1 aromatic rings. The van der Waals surface area contributed by atoms with Crippen LogP contribution in [-0.2, 0) is 18.3 Å². The molecule has 0 aliphatic heterocycles. The van der Waals surface area contributed by atoms with Crippen molar-refractivity contribution in [1.29, 1.82) is 0 Å². The van der Waals surface area contributed by atoms with E-state index in [-0.39, 0.29) is 5.41 Å². The van der Waals surface area contributed by atoms with Crippen molar-refractivity contribution in [3.63, 3.8) is 0 Å². The number of aryl methyl sites for hydroxylation is 2. The van der Waals surface area contributed by atoms with Crippen molar-refractivity contribution < 1.29 is 9.90 Å². The second kappa shape index (κ2) is 5.51. The summed E-state index contributed by atoms with van der Waals surface area (Å²) < 4.78 is 0. The van der Waals surface area contributed by atoms with Crippen LogP contribution in [0.3, 0.4) is 0 Å². The number of aromatic carboxylic acids is 1. The summed E-state index contributed by atoms with van der Waals surface area (Å²) in [5, 5.41) is 9.33. The van der Waals surface area contributed by atoms with Crippen molar-refractivity contribution in [2.75, 3.05) is 0 Å².